The van der Waals surface area contributed by atoms with Crippen LogP contribution in [0, 0.1) is 0 Å². The van der Waals surface area contributed by atoms with Crippen LogP contribution < -0.4 is 5.32 Å². The van der Waals surface area contributed by atoms with Gasteiger partial charge >= 0.3 is 6.09 Å². The molecule has 0 aliphatic heterocycles. The van der Waals surface area contributed by atoms with Gasteiger partial charge in [-0.25, -0.2) is 14.8 Å². The monoisotopic (exact) mass is 485 g/mol. The van der Waals surface area contributed by atoms with Crippen LogP contribution in [0.3, 0.4) is 0 Å². The Hall–Kier alpha value is -3.59. The molecule has 10 heteroatoms. The predicted octanol–water partition coefficient (Wildman–Crippen LogP) is 5.34. The van der Waals surface area contributed by atoms with E-state index in [9.17, 15) is 9.90 Å². The van der Waals surface area contributed by atoms with E-state index >= 15 is 0 Å². The first-order valence-electron chi connectivity index (χ1n) is 10.6. The Morgan fingerprint density at radius 3 is 2.68 bits per heavy atom. The van der Waals surface area contributed by atoms with Gasteiger partial charge in [-0.3, -0.25) is 0 Å². The first-order valence-corrected chi connectivity index (χ1v) is 11.0. The Labute approximate surface area is 203 Å². The number of likely N-dealkylation sites (N-methyl/N-ethyl adjacent to an activating group) is 1. The molecule has 0 fully saturated rings. The van der Waals surface area contributed by atoms with Crippen LogP contribution in [0.4, 0.5) is 16.3 Å². The van der Waals surface area contributed by atoms with E-state index in [1.165, 1.54) is 17.3 Å². The number of rotatable bonds is 7. The van der Waals surface area contributed by atoms with Gasteiger partial charge in [0.25, 0.3) is 0 Å². The number of oxime groups is 1. The van der Waals surface area contributed by atoms with E-state index in [1.807, 2.05) is 45.9 Å². The Balaban J connectivity index is 1.69. The molecule has 1 aromatic heterocycles. The van der Waals surface area contributed by atoms with Crippen molar-refractivity contribution >= 4 is 45.8 Å². The number of phenols is 1. The number of nitrogens with one attached hydrogen (secondary N) is 1. The molecule has 34 heavy (non-hydrogen) atoms. The predicted molar refractivity (Wildman–Crippen MR) is 133 cm³/mol. The number of hydrogen-bond acceptors (Lipinski definition) is 8. The third-order valence-corrected chi connectivity index (χ3v) is 4.99. The number of nitrogens with zero attached hydrogens (tertiary/aromatic N) is 4. The molecule has 0 aliphatic carbocycles. The second kappa shape index (κ2) is 10.6. The number of aromatic hydroxyl groups is 1. The first kappa shape index (κ1) is 25.0. The fourth-order valence-electron chi connectivity index (χ4n) is 2.91. The number of benzene rings is 2. The van der Waals surface area contributed by atoms with Crippen molar-refractivity contribution < 1.29 is 19.5 Å². The third-order valence-electron chi connectivity index (χ3n) is 4.69. The summed E-state index contributed by atoms with van der Waals surface area (Å²) in [4.78, 5) is 27.5. The average Bonchev–Trinajstić information content (AvgIpc) is 2.77. The van der Waals surface area contributed by atoms with Gasteiger partial charge in [-0.1, -0.05) is 22.8 Å². The summed E-state index contributed by atoms with van der Waals surface area (Å²) in [6.07, 6.45) is 1.05. The lowest BCUT2D eigenvalue weighted by Gasteiger charge is -2.24. The van der Waals surface area contributed by atoms with Crippen LogP contribution in [0.1, 0.15) is 33.3 Å². The van der Waals surface area contributed by atoms with Crippen molar-refractivity contribution in [2.24, 2.45) is 5.16 Å². The number of anilines is 2. The summed E-state index contributed by atoms with van der Waals surface area (Å²) in [7, 11) is 1.65. The van der Waals surface area contributed by atoms with E-state index < -0.39 is 11.7 Å². The SMILES string of the molecule is C/C(=N\OCCN(C)C(=O)OC(C)(C)C)c1ccc2ncnc(Nc3ccc(O)c(Cl)c3)c2c1. The second-order valence-electron chi connectivity index (χ2n) is 8.66. The van der Waals surface area contributed by atoms with E-state index in [1.54, 1.807) is 19.2 Å². The van der Waals surface area contributed by atoms with Crippen LogP contribution in [0.2, 0.25) is 5.02 Å². The molecule has 2 N–H and O–H groups in total. The number of phenolic OH excluding ortho intramolecular Hbond substituents is 1. The minimum atomic E-state index is -0.553. The molecular weight excluding hydrogens is 458 g/mol. The van der Waals surface area contributed by atoms with E-state index in [2.05, 4.69) is 20.4 Å². The van der Waals surface area contributed by atoms with Gasteiger partial charge in [0, 0.05) is 18.1 Å². The molecule has 0 atom stereocenters. The standard InChI is InChI=1S/C24H28ClN5O4/c1-15(29-33-11-10-30(5)23(32)34-24(2,3)4)16-6-8-20-18(12-16)22(27-14-26-20)28-17-7-9-21(31)19(25)13-17/h6-9,12-14,31H,10-11H2,1-5H3,(H,26,27,28)/b29-15+. The minimum Gasteiger partial charge on any atom is -0.506 e. The molecule has 0 saturated carbocycles. The summed E-state index contributed by atoms with van der Waals surface area (Å²) in [5, 5.41) is 18.0. The van der Waals surface area contributed by atoms with Crippen LogP contribution >= 0.6 is 11.6 Å². The molecule has 180 valence electrons. The molecule has 2 aromatic carbocycles. The van der Waals surface area contributed by atoms with Crippen molar-refractivity contribution in [1.29, 1.82) is 0 Å². The Kier molecular flexibility index (Phi) is 7.78. The molecule has 1 heterocycles. The van der Waals surface area contributed by atoms with E-state index in [-0.39, 0.29) is 17.4 Å². The lowest BCUT2D eigenvalue weighted by molar-refractivity contribution is 0.0235. The van der Waals surface area contributed by atoms with Crippen LogP contribution in [0.5, 0.6) is 5.75 Å². The maximum atomic E-state index is 12.0. The largest absolute Gasteiger partial charge is 0.506 e. The number of fused-ring (bicyclic) bond motifs is 1. The maximum Gasteiger partial charge on any atom is 0.410 e. The summed E-state index contributed by atoms with van der Waals surface area (Å²) >= 11 is 6.01. The molecule has 0 radical (unpaired) electrons. The first-order chi connectivity index (χ1) is 16.0. The number of halogens is 1. The molecule has 1 amide bonds. The molecule has 0 spiro atoms. The summed E-state index contributed by atoms with van der Waals surface area (Å²) in [6.45, 7) is 7.84. The maximum absolute atomic E-state index is 12.0. The number of aromatic nitrogens is 2. The molecule has 3 rings (SSSR count). The van der Waals surface area contributed by atoms with Gasteiger partial charge in [-0.2, -0.15) is 0 Å². The summed E-state index contributed by atoms with van der Waals surface area (Å²) in [6, 6.07) is 10.5. The Morgan fingerprint density at radius 2 is 1.97 bits per heavy atom. The number of carbonyl (C=O) groups excluding carboxylic acids is 1. The molecule has 0 saturated heterocycles. The lowest BCUT2D eigenvalue weighted by atomic mass is 10.1. The Morgan fingerprint density at radius 1 is 1.21 bits per heavy atom. The smallest absolute Gasteiger partial charge is 0.410 e. The van der Waals surface area contributed by atoms with E-state index in [0.29, 0.717) is 23.8 Å². The molecule has 0 bridgehead atoms. The average molecular weight is 486 g/mol. The van der Waals surface area contributed by atoms with Gasteiger partial charge in [0.1, 0.15) is 30.1 Å². The Bertz CT molecular complexity index is 1210. The van der Waals surface area contributed by atoms with Crippen LogP contribution in [-0.2, 0) is 9.57 Å². The summed E-state index contributed by atoms with van der Waals surface area (Å²) < 4.78 is 5.31. The highest BCUT2D eigenvalue weighted by Gasteiger charge is 2.19. The second-order valence-corrected chi connectivity index (χ2v) is 9.06. The van der Waals surface area contributed by atoms with Gasteiger partial charge < -0.3 is 24.9 Å². The van der Waals surface area contributed by atoms with Crippen molar-refractivity contribution in [3.63, 3.8) is 0 Å². The zero-order valence-corrected chi connectivity index (χ0v) is 20.6. The molecule has 0 aliphatic rings. The van der Waals surface area contributed by atoms with Crippen molar-refractivity contribution in [2.75, 3.05) is 25.5 Å². The van der Waals surface area contributed by atoms with Crippen molar-refractivity contribution in [3.8, 4) is 5.75 Å². The summed E-state index contributed by atoms with van der Waals surface area (Å²) in [5.74, 6) is 0.590. The van der Waals surface area contributed by atoms with Crippen LogP contribution in [0.15, 0.2) is 47.9 Å². The van der Waals surface area contributed by atoms with Gasteiger partial charge in [0.2, 0.25) is 0 Å². The highest BCUT2D eigenvalue weighted by atomic mass is 35.5. The molecular formula is C24H28ClN5O4. The lowest BCUT2D eigenvalue weighted by Crippen LogP contribution is -2.35. The third kappa shape index (κ3) is 6.71. The molecule has 0 unspecified atom stereocenters. The number of hydrogen-bond donors (Lipinski definition) is 2. The van der Waals surface area contributed by atoms with Crippen LogP contribution in [-0.4, -0.2) is 57.6 Å². The quantitative estimate of drug-likeness (QED) is 0.201. The van der Waals surface area contributed by atoms with Gasteiger partial charge in [-0.05, 0) is 63.6 Å². The van der Waals surface area contributed by atoms with Crippen molar-refractivity contribution in [1.82, 2.24) is 14.9 Å². The number of amides is 1. The fraction of sp³-hybridized carbons (Fsp3) is 0.333. The molecule has 3 aromatic rings. The zero-order valence-electron chi connectivity index (χ0n) is 19.8. The summed E-state index contributed by atoms with van der Waals surface area (Å²) in [5.41, 5.74) is 2.36. The normalized spacial score (nSPS) is 11.9. The van der Waals surface area contributed by atoms with Gasteiger partial charge in [0.15, 0.2) is 0 Å². The zero-order chi connectivity index (χ0) is 24.9. The highest BCUT2D eigenvalue weighted by molar-refractivity contribution is 6.32. The van der Waals surface area contributed by atoms with Crippen molar-refractivity contribution in [2.45, 2.75) is 33.3 Å². The van der Waals surface area contributed by atoms with Crippen LogP contribution in [0.25, 0.3) is 10.9 Å². The van der Waals surface area contributed by atoms with E-state index in [4.69, 9.17) is 21.2 Å². The van der Waals surface area contributed by atoms with Gasteiger partial charge in [0.05, 0.1) is 22.8 Å². The van der Waals surface area contributed by atoms with E-state index in [0.717, 1.165) is 16.5 Å². The molecule has 9 nitrogen and oxygen atoms in total. The topological polar surface area (TPSA) is 109 Å². The van der Waals surface area contributed by atoms with Crippen molar-refractivity contribution in [3.05, 3.63) is 53.3 Å². The fourth-order valence-corrected chi connectivity index (χ4v) is 3.09. The number of carbonyl (C=O) groups is 1. The van der Waals surface area contributed by atoms with Gasteiger partial charge in [-0.15, -0.1) is 0 Å². The number of ether oxygens (including phenoxy) is 1. The highest BCUT2D eigenvalue weighted by Crippen LogP contribution is 2.29. The minimum absolute atomic E-state index is 0.00572.